The minimum Gasteiger partial charge on any atom is -0.316 e. The highest BCUT2D eigenvalue weighted by molar-refractivity contribution is 8.00. The van der Waals surface area contributed by atoms with Gasteiger partial charge in [-0.15, -0.1) is 0 Å². The highest BCUT2D eigenvalue weighted by Crippen LogP contribution is 2.47. The van der Waals surface area contributed by atoms with Gasteiger partial charge in [-0.2, -0.15) is 11.8 Å². The summed E-state index contributed by atoms with van der Waals surface area (Å²) in [5.74, 6) is 3.23. The summed E-state index contributed by atoms with van der Waals surface area (Å²) in [7, 11) is 0. The topological polar surface area (TPSA) is 12.0 Å². The van der Waals surface area contributed by atoms with E-state index in [-0.39, 0.29) is 0 Å². The van der Waals surface area contributed by atoms with Crippen LogP contribution in [0.25, 0.3) is 0 Å². The summed E-state index contributed by atoms with van der Waals surface area (Å²) >= 11 is 2.23. The molecular weight excluding hydrogens is 178 g/mol. The first-order chi connectivity index (χ1) is 6.22. The molecule has 1 nitrogen and oxygen atoms in total. The first kappa shape index (κ1) is 9.85. The van der Waals surface area contributed by atoms with Crippen LogP contribution in [0.4, 0.5) is 0 Å². The Bertz CT molecular complexity index is 175. The molecule has 3 atom stereocenters. The van der Waals surface area contributed by atoms with Crippen molar-refractivity contribution in [1.82, 2.24) is 5.32 Å². The van der Waals surface area contributed by atoms with Crippen LogP contribution >= 0.6 is 11.8 Å². The number of nitrogens with one attached hydrogen (secondary N) is 1. The Balaban J connectivity index is 2.04. The van der Waals surface area contributed by atoms with Crippen LogP contribution < -0.4 is 5.32 Å². The second-order valence-electron chi connectivity index (χ2n) is 4.84. The normalized spacial score (nSPS) is 46.6. The van der Waals surface area contributed by atoms with Crippen LogP contribution in [0.3, 0.4) is 0 Å². The Hall–Kier alpha value is 0.310. The minimum absolute atomic E-state index is 0.613. The molecule has 2 heteroatoms. The van der Waals surface area contributed by atoms with E-state index in [2.05, 4.69) is 30.9 Å². The fourth-order valence-electron chi connectivity index (χ4n) is 3.01. The summed E-state index contributed by atoms with van der Waals surface area (Å²) < 4.78 is 0.613. The van der Waals surface area contributed by atoms with Crippen molar-refractivity contribution in [3.63, 3.8) is 0 Å². The molecule has 0 saturated carbocycles. The summed E-state index contributed by atoms with van der Waals surface area (Å²) in [4.78, 5) is 0. The molecule has 2 heterocycles. The van der Waals surface area contributed by atoms with E-state index >= 15 is 0 Å². The first-order valence-corrected chi connectivity index (χ1v) is 6.55. The molecule has 0 aromatic carbocycles. The molecule has 0 bridgehead atoms. The molecule has 76 valence electrons. The monoisotopic (exact) mass is 199 g/mol. The molecule has 2 saturated heterocycles. The Morgan fingerprint density at radius 1 is 1.46 bits per heavy atom. The van der Waals surface area contributed by atoms with Crippen molar-refractivity contribution in [1.29, 1.82) is 0 Å². The summed E-state index contributed by atoms with van der Waals surface area (Å²) in [5, 5.41) is 3.50. The molecule has 0 amide bonds. The summed E-state index contributed by atoms with van der Waals surface area (Å²) in [5.41, 5.74) is 0. The average molecular weight is 199 g/mol. The standard InChI is InChI=1S/C11H21NS/c1-9-8-12-6-4-10(9)11(2)5-3-7-13-11/h9-10,12H,3-8H2,1-2H3. The lowest BCUT2D eigenvalue weighted by Gasteiger charge is -2.40. The van der Waals surface area contributed by atoms with Gasteiger partial charge < -0.3 is 5.32 Å². The second-order valence-corrected chi connectivity index (χ2v) is 6.47. The van der Waals surface area contributed by atoms with Crippen molar-refractivity contribution >= 4 is 11.8 Å². The zero-order valence-corrected chi connectivity index (χ0v) is 9.62. The third-order valence-electron chi connectivity index (χ3n) is 3.82. The molecule has 2 rings (SSSR count). The van der Waals surface area contributed by atoms with Crippen molar-refractivity contribution < 1.29 is 0 Å². The van der Waals surface area contributed by atoms with Gasteiger partial charge in [0.25, 0.3) is 0 Å². The molecule has 1 N–H and O–H groups in total. The van der Waals surface area contributed by atoms with Crippen LogP contribution in [0.5, 0.6) is 0 Å². The lowest BCUT2D eigenvalue weighted by molar-refractivity contribution is 0.218. The van der Waals surface area contributed by atoms with Crippen molar-refractivity contribution in [2.75, 3.05) is 18.8 Å². The van der Waals surface area contributed by atoms with E-state index in [1.165, 1.54) is 38.1 Å². The molecule has 3 unspecified atom stereocenters. The molecule has 13 heavy (non-hydrogen) atoms. The van der Waals surface area contributed by atoms with Crippen molar-refractivity contribution in [2.24, 2.45) is 11.8 Å². The van der Waals surface area contributed by atoms with E-state index in [4.69, 9.17) is 0 Å². The minimum atomic E-state index is 0.613. The van der Waals surface area contributed by atoms with E-state index in [1.54, 1.807) is 0 Å². The highest BCUT2D eigenvalue weighted by atomic mass is 32.2. The van der Waals surface area contributed by atoms with Crippen LogP contribution in [0.1, 0.15) is 33.1 Å². The smallest absolute Gasteiger partial charge is 0.0163 e. The van der Waals surface area contributed by atoms with E-state index in [1.807, 2.05) is 0 Å². The lowest BCUT2D eigenvalue weighted by Crippen LogP contribution is -2.44. The number of thioether (sulfide) groups is 1. The third-order valence-corrected chi connectivity index (χ3v) is 5.48. The quantitative estimate of drug-likeness (QED) is 0.696. The van der Waals surface area contributed by atoms with Gasteiger partial charge in [-0.05, 0) is 49.9 Å². The largest absolute Gasteiger partial charge is 0.316 e. The van der Waals surface area contributed by atoms with Crippen molar-refractivity contribution in [3.8, 4) is 0 Å². The zero-order chi connectivity index (χ0) is 9.31. The number of piperidine rings is 1. The van der Waals surface area contributed by atoms with Gasteiger partial charge in [-0.1, -0.05) is 13.8 Å². The molecular formula is C11H21NS. The number of rotatable bonds is 1. The summed E-state index contributed by atoms with van der Waals surface area (Å²) in [6.07, 6.45) is 4.29. The Labute approximate surface area is 86.0 Å². The van der Waals surface area contributed by atoms with Crippen LogP contribution in [0.2, 0.25) is 0 Å². The summed E-state index contributed by atoms with van der Waals surface area (Å²) in [6.45, 7) is 7.39. The molecule has 0 aromatic rings. The van der Waals surface area contributed by atoms with Gasteiger partial charge in [-0.3, -0.25) is 0 Å². The maximum atomic E-state index is 3.50. The van der Waals surface area contributed by atoms with Crippen LogP contribution in [-0.4, -0.2) is 23.6 Å². The Morgan fingerprint density at radius 3 is 2.92 bits per heavy atom. The van der Waals surface area contributed by atoms with E-state index in [9.17, 15) is 0 Å². The van der Waals surface area contributed by atoms with Crippen molar-refractivity contribution in [2.45, 2.75) is 37.9 Å². The van der Waals surface area contributed by atoms with Gasteiger partial charge in [0.2, 0.25) is 0 Å². The number of hydrogen-bond donors (Lipinski definition) is 1. The second kappa shape index (κ2) is 3.82. The molecule has 2 fully saturated rings. The molecule has 0 radical (unpaired) electrons. The molecule has 0 spiro atoms. The Kier molecular flexibility index (Phi) is 2.89. The fourth-order valence-corrected chi connectivity index (χ4v) is 4.62. The zero-order valence-electron chi connectivity index (χ0n) is 8.81. The highest BCUT2D eigenvalue weighted by Gasteiger charge is 2.40. The lowest BCUT2D eigenvalue weighted by atomic mass is 9.77. The molecule has 0 aliphatic carbocycles. The predicted octanol–water partition coefficient (Wildman–Crippen LogP) is 2.52. The maximum absolute atomic E-state index is 3.50. The maximum Gasteiger partial charge on any atom is 0.0163 e. The van der Waals surface area contributed by atoms with Crippen LogP contribution in [0, 0.1) is 11.8 Å². The van der Waals surface area contributed by atoms with E-state index in [0.29, 0.717) is 4.75 Å². The van der Waals surface area contributed by atoms with Gasteiger partial charge in [0.05, 0.1) is 0 Å². The summed E-state index contributed by atoms with van der Waals surface area (Å²) in [6, 6.07) is 0. The van der Waals surface area contributed by atoms with Gasteiger partial charge in [0.1, 0.15) is 0 Å². The predicted molar refractivity (Wildman–Crippen MR) is 60.2 cm³/mol. The fraction of sp³-hybridized carbons (Fsp3) is 1.00. The van der Waals surface area contributed by atoms with Gasteiger partial charge >= 0.3 is 0 Å². The van der Waals surface area contributed by atoms with Gasteiger partial charge in [-0.25, -0.2) is 0 Å². The van der Waals surface area contributed by atoms with Crippen molar-refractivity contribution in [3.05, 3.63) is 0 Å². The van der Waals surface area contributed by atoms with E-state index in [0.717, 1.165) is 11.8 Å². The van der Waals surface area contributed by atoms with Gasteiger partial charge in [0.15, 0.2) is 0 Å². The molecule has 0 aromatic heterocycles. The van der Waals surface area contributed by atoms with Crippen LogP contribution in [-0.2, 0) is 0 Å². The Morgan fingerprint density at radius 2 is 2.31 bits per heavy atom. The van der Waals surface area contributed by atoms with Crippen LogP contribution in [0.15, 0.2) is 0 Å². The third kappa shape index (κ3) is 1.89. The SMILES string of the molecule is CC1CNCCC1C1(C)CCCS1. The van der Waals surface area contributed by atoms with Gasteiger partial charge in [0, 0.05) is 4.75 Å². The number of hydrogen-bond acceptors (Lipinski definition) is 2. The molecule has 2 aliphatic rings. The first-order valence-electron chi connectivity index (χ1n) is 5.57. The molecule has 2 aliphatic heterocycles. The van der Waals surface area contributed by atoms with E-state index < -0.39 is 0 Å². The average Bonchev–Trinajstić information content (AvgIpc) is 2.54.